The van der Waals surface area contributed by atoms with Gasteiger partial charge in [0.05, 0.1) is 11.2 Å². The Bertz CT molecular complexity index is 929. The van der Waals surface area contributed by atoms with E-state index in [0.29, 0.717) is 17.6 Å². The van der Waals surface area contributed by atoms with E-state index < -0.39 is 0 Å². The number of hydrogen-bond acceptors (Lipinski definition) is 5. The minimum Gasteiger partial charge on any atom is -0.438 e. The van der Waals surface area contributed by atoms with Gasteiger partial charge in [-0.3, -0.25) is 0 Å². The molecule has 7 heteroatoms. The summed E-state index contributed by atoms with van der Waals surface area (Å²) in [5, 5.41) is 4.20. The molecule has 6 nitrogen and oxygen atoms in total. The van der Waals surface area contributed by atoms with Crippen LogP contribution in [0, 0.1) is 6.92 Å². The van der Waals surface area contributed by atoms with Crippen LogP contribution in [-0.4, -0.2) is 34.0 Å². The van der Waals surface area contributed by atoms with E-state index in [4.69, 9.17) is 4.42 Å². The van der Waals surface area contributed by atoms with Crippen molar-refractivity contribution in [3.8, 4) is 11.3 Å². The second-order valence-electron chi connectivity index (χ2n) is 7.17. The van der Waals surface area contributed by atoms with Gasteiger partial charge < -0.3 is 14.6 Å². The van der Waals surface area contributed by atoms with Crippen molar-refractivity contribution in [2.45, 2.75) is 38.6 Å². The molecule has 2 aromatic heterocycles. The minimum absolute atomic E-state index is 0.0688. The van der Waals surface area contributed by atoms with Gasteiger partial charge in [-0.25, -0.2) is 14.8 Å². The molecule has 1 aromatic carbocycles. The lowest BCUT2D eigenvalue weighted by atomic mass is 9.98. The lowest BCUT2D eigenvalue weighted by Gasteiger charge is -2.31. The van der Waals surface area contributed by atoms with E-state index in [1.54, 1.807) is 17.5 Å². The third-order valence-corrected chi connectivity index (χ3v) is 6.14. The van der Waals surface area contributed by atoms with E-state index in [0.717, 1.165) is 31.5 Å². The van der Waals surface area contributed by atoms with Crippen molar-refractivity contribution < 1.29 is 9.21 Å². The summed E-state index contributed by atoms with van der Waals surface area (Å²) < 4.78 is 5.85. The molecule has 3 heterocycles. The van der Waals surface area contributed by atoms with Gasteiger partial charge in [0.25, 0.3) is 0 Å². The number of oxazole rings is 1. The van der Waals surface area contributed by atoms with Crippen LogP contribution in [0.15, 0.2) is 47.1 Å². The first-order chi connectivity index (χ1) is 13.6. The van der Waals surface area contributed by atoms with Crippen LogP contribution in [0.4, 0.5) is 4.79 Å². The molecule has 28 heavy (non-hydrogen) atoms. The second-order valence-corrected chi connectivity index (χ2v) is 8.44. The maximum absolute atomic E-state index is 12.6. The molecule has 0 radical (unpaired) electrons. The first-order valence-electron chi connectivity index (χ1n) is 9.59. The molecule has 1 aliphatic heterocycles. The number of thiazole rings is 1. The number of likely N-dealkylation sites (tertiary alicyclic amines) is 1. The summed E-state index contributed by atoms with van der Waals surface area (Å²) in [4.78, 5) is 24.6. The molecule has 1 unspecified atom stereocenters. The second kappa shape index (κ2) is 8.14. The summed E-state index contributed by atoms with van der Waals surface area (Å²) in [5.41, 5.74) is 0.972. The molecule has 0 bridgehead atoms. The summed E-state index contributed by atoms with van der Waals surface area (Å²) >= 11 is 1.76. The fraction of sp³-hybridized carbons (Fsp3) is 0.381. The van der Waals surface area contributed by atoms with Gasteiger partial charge in [0.1, 0.15) is 6.04 Å². The number of carbonyl (C=O) groups excluding carboxylic acids is 1. The lowest BCUT2D eigenvalue weighted by molar-refractivity contribution is 0.176. The molecule has 2 amide bonds. The van der Waals surface area contributed by atoms with Crippen molar-refractivity contribution in [1.82, 2.24) is 20.2 Å². The van der Waals surface area contributed by atoms with Crippen LogP contribution >= 0.6 is 11.3 Å². The predicted octanol–water partition coefficient (Wildman–Crippen LogP) is 4.76. The van der Waals surface area contributed by atoms with Crippen LogP contribution in [-0.2, 0) is 0 Å². The van der Waals surface area contributed by atoms with Gasteiger partial charge in [-0.05, 0) is 26.7 Å². The van der Waals surface area contributed by atoms with Crippen molar-refractivity contribution >= 4 is 17.4 Å². The van der Waals surface area contributed by atoms with Crippen molar-refractivity contribution in [2.75, 3.05) is 13.1 Å². The van der Waals surface area contributed by atoms with Crippen LogP contribution < -0.4 is 5.32 Å². The van der Waals surface area contributed by atoms with Crippen molar-refractivity contribution in [1.29, 1.82) is 0 Å². The first-order valence-corrected chi connectivity index (χ1v) is 10.4. The Labute approximate surface area is 168 Å². The molecule has 1 N–H and O–H groups in total. The highest BCUT2D eigenvalue weighted by Gasteiger charge is 2.27. The quantitative estimate of drug-likeness (QED) is 0.690. The van der Waals surface area contributed by atoms with Gasteiger partial charge in [-0.15, -0.1) is 11.3 Å². The average Bonchev–Trinajstić information content (AvgIpc) is 3.38. The number of nitrogens with zero attached hydrogens (tertiary/aromatic N) is 3. The zero-order valence-electron chi connectivity index (χ0n) is 16.1. The summed E-state index contributed by atoms with van der Waals surface area (Å²) in [7, 11) is 0. The number of hydrogen-bond donors (Lipinski definition) is 1. The van der Waals surface area contributed by atoms with Crippen molar-refractivity contribution in [3.05, 3.63) is 58.5 Å². The number of rotatable bonds is 4. The Kier molecular flexibility index (Phi) is 5.43. The number of aromatic nitrogens is 2. The van der Waals surface area contributed by atoms with E-state index in [9.17, 15) is 4.79 Å². The number of amides is 2. The zero-order chi connectivity index (χ0) is 19.5. The largest absolute Gasteiger partial charge is 0.438 e. The maximum atomic E-state index is 12.6. The number of aryl methyl sites for hydroxylation is 1. The first kappa shape index (κ1) is 18.7. The fourth-order valence-electron chi connectivity index (χ4n) is 3.45. The molecule has 146 valence electrons. The van der Waals surface area contributed by atoms with E-state index in [-0.39, 0.29) is 12.1 Å². The lowest BCUT2D eigenvalue weighted by Crippen LogP contribution is -2.44. The topological polar surface area (TPSA) is 71.3 Å². The van der Waals surface area contributed by atoms with Crippen LogP contribution in [0.2, 0.25) is 0 Å². The summed E-state index contributed by atoms with van der Waals surface area (Å²) in [5.74, 6) is 1.68. The molecule has 1 saturated heterocycles. The summed E-state index contributed by atoms with van der Waals surface area (Å²) in [6.45, 7) is 5.45. The SMILES string of the molecule is Cc1cnc(C2CCN(C(=O)NC(C)c3ncc(-c4ccccc4)o3)CC2)s1. The van der Waals surface area contributed by atoms with Crippen LogP contribution in [0.1, 0.15) is 47.5 Å². The smallest absolute Gasteiger partial charge is 0.318 e. The third-order valence-electron chi connectivity index (χ3n) is 5.06. The van der Waals surface area contributed by atoms with E-state index in [1.807, 2.05) is 48.4 Å². The molecular weight excluding hydrogens is 372 g/mol. The number of piperidine rings is 1. The molecule has 0 aliphatic carbocycles. The Morgan fingerprint density at radius 1 is 1.21 bits per heavy atom. The normalized spacial score (nSPS) is 16.1. The number of benzene rings is 1. The van der Waals surface area contributed by atoms with Gasteiger partial charge in [0.2, 0.25) is 5.89 Å². The summed E-state index contributed by atoms with van der Waals surface area (Å²) in [6.07, 6.45) is 5.54. The molecule has 1 atom stereocenters. The van der Waals surface area contributed by atoms with Crippen molar-refractivity contribution in [3.63, 3.8) is 0 Å². The highest BCUT2D eigenvalue weighted by Crippen LogP contribution is 2.31. The maximum Gasteiger partial charge on any atom is 0.318 e. The van der Waals surface area contributed by atoms with E-state index >= 15 is 0 Å². The fourth-order valence-corrected chi connectivity index (χ4v) is 4.40. The molecule has 1 aliphatic rings. The Hall–Kier alpha value is -2.67. The standard InChI is InChI=1S/C21H24N4O2S/c1-14-12-23-20(28-14)17-8-10-25(11-9-17)21(26)24-15(2)19-22-13-18(27-19)16-6-4-3-5-7-16/h3-7,12-13,15,17H,8-11H2,1-2H3,(H,24,26). The Morgan fingerprint density at radius 3 is 2.64 bits per heavy atom. The zero-order valence-corrected chi connectivity index (χ0v) is 16.9. The van der Waals surface area contributed by atoms with Gasteiger partial charge in [-0.2, -0.15) is 0 Å². The van der Waals surface area contributed by atoms with Gasteiger partial charge in [0.15, 0.2) is 5.76 Å². The van der Waals surface area contributed by atoms with Crippen LogP contribution in [0.5, 0.6) is 0 Å². The van der Waals surface area contributed by atoms with E-state index in [1.165, 1.54) is 9.88 Å². The van der Waals surface area contributed by atoms with Crippen LogP contribution in [0.3, 0.4) is 0 Å². The summed E-state index contributed by atoms with van der Waals surface area (Å²) in [6, 6.07) is 9.47. The molecule has 0 saturated carbocycles. The number of urea groups is 1. The van der Waals surface area contributed by atoms with E-state index in [2.05, 4.69) is 22.2 Å². The van der Waals surface area contributed by atoms with Gasteiger partial charge in [-0.1, -0.05) is 30.3 Å². The van der Waals surface area contributed by atoms with Gasteiger partial charge >= 0.3 is 6.03 Å². The highest BCUT2D eigenvalue weighted by molar-refractivity contribution is 7.11. The van der Waals surface area contributed by atoms with Crippen LogP contribution in [0.25, 0.3) is 11.3 Å². The molecule has 4 rings (SSSR count). The number of carbonyl (C=O) groups is 1. The molecular formula is C21H24N4O2S. The molecule has 3 aromatic rings. The van der Waals surface area contributed by atoms with Crippen molar-refractivity contribution in [2.24, 2.45) is 0 Å². The third kappa shape index (κ3) is 4.09. The Balaban J connectivity index is 1.32. The monoisotopic (exact) mass is 396 g/mol. The highest BCUT2D eigenvalue weighted by atomic mass is 32.1. The minimum atomic E-state index is -0.288. The molecule has 0 spiro atoms. The Morgan fingerprint density at radius 2 is 1.96 bits per heavy atom. The van der Waals surface area contributed by atoms with Gasteiger partial charge in [0, 0.05) is 35.6 Å². The molecule has 1 fully saturated rings. The predicted molar refractivity (Wildman–Crippen MR) is 109 cm³/mol. The number of nitrogens with one attached hydrogen (secondary N) is 1. The average molecular weight is 397 g/mol.